The van der Waals surface area contributed by atoms with E-state index in [-0.39, 0.29) is 5.91 Å². The van der Waals surface area contributed by atoms with Crippen molar-refractivity contribution in [2.24, 2.45) is 0 Å². The molecule has 0 aromatic carbocycles. The van der Waals surface area contributed by atoms with Crippen LogP contribution >= 0.6 is 15.9 Å². The molecule has 0 bridgehead atoms. The second-order valence-corrected chi connectivity index (χ2v) is 5.11. The van der Waals surface area contributed by atoms with Gasteiger partial charge >= 0.3 is 0 Å². The van der Waals surface area contributed by atoms with Crippen molar-refractivity contribution >= 4 is 33.3 Å². The molecule has 104 valence electrons. The highest BCUT2D eigenvalue weighted by Gasteiger charge is 2.15. The number of rotatable bonds is 3. The summed E-state index contributed by atoms with van der Waals surface area (Å²) in [7, 11) is 0. The van der Waals surface area contributed by atoms with Gasteiger partial charge < -0.3 is 11.1 Å². The van der Waals surface area contributed by atoms with Crippen molar-refractivity contribution in [3.8, 4) is 0 Å². The zero-order valence-electron chi connectivity index (χ0n) is 11.1. The summed E-state index contributed by atoms with van der Waals surface area (Å²) in [5.74, 6) is 0.151. The number of nitrogens with two attached hydrogens (primary N) is 1. The average Bonchev–Trinajstić information content (AvgIpc) is 2.41. The molecule has 1 amide bonds. The number of aryl methyl sites for hydroxylation is 2. The van der Waals surface area contributed by atoms with Gasteiger partial charge in [-0.25, -0.2) is 4.98 Å². The molecular formula is C13H14BrN5O. The molecule has 0 unspecified atom stereocenters. The highest BCUT2D eigenvalue weighted by atomic mass is 79.9. The van der Waals surface area contributed by atoms with Crippen LogP contribution in [-0.4, -0.2) is 21.1 Å². The second-order valence-electron chi connectivity index (χ2n) is 4.25. The number of halogens is 1. The third kappa shape index (κ3) is 3.11. The molecule has 0 saturated carbocycles. The Kier molecular flexibility index (Phi) is 4.29. The Hall–Kier alpha value is -2.02. The number of hydrogen-bond donors (Lipinski definition) is 2. The van der Waals surface area contributed by atoms with E-state index < -0.39 is 0 Å². The van der Waals surface area contributed by atoms with Crippen LogP contribution in [0, 0.1) is 6.92 Å². The van der Waals surface area contributed by atoms with E-state index in [0.717, 1.165) is 0 Å². The van der Waals surface area contributed by atoms with Crippen LogP contribution < -0.4 is 11.1 Å². The summed E-state index contributed by atoms with van der Waals surface area (Å²) in [6.07, 6.45) is 2.11. The molecule has 0 fully saturated rings. The minimum Gasteiger partial charge on any atom is -0.397 e. The fourth-order valence-corrected chi connectivity index (χ4v) is 2.16. The van der Waals surface area contributed by atoms with Gasteiger partial charge in [0.15, 0.2) is 0 Å². The van der Waals surface area contributed by atoms with Crippen LogP contribution in [0.15, 0.2) is 22.8 Å². The van der Waals surface area contributed by atoms with Crippen LogP contribution in [0.2, 0.25) is 0 Å². The molecule has 0 saturated heterocycles. The van der Waals surface area contributed by atoms with E-state index in [1.807, 2.05) is 6.92 Å². The zero-order chi connectivity index (χ0) is 14.7. The Labute approximate surface area is 124 Å². The van der Waals surface area contributed by atoms with E-state index in [1.165, 1.54) is 6.20 Å². The molecule has 0 spiro atoms. The van der Waals surface area contributed by atoms with E-state index >= 15 is 0 Å². The van der Waals surface area contributed by atoms with Gasteiger partial charge in [0.2, 0.25) is 0 Å². The van der Waals surface area contributed by atoms with E-state index in [0.29, 0.717) is 39.4 Å². The monoisotopic (exact) mass is 335 g/mol. The largest absolute Gasteiger partial charge is 0.397 e. The van der Waals surface area contributed by atoms with Gasteiger partial charge in [0.25, 0.3) is 5.91 Å². The molecule has 0 aliphatic heterocycles. The molecule has 2 heterocycles. The molecule has 2 aromatic heterocycles. The molecule has 0 radical (unpaired) electrons. The first-order valence-corrected chi connectivity index (χ1v) is 6.86. The van der Waals surface area contributed by atoms with Gasteiger partial charge in [-0.05, 0) is 41.4 Å². The van der Waals surface area contributed by atoms with Crippen LogP contribution in [0.1, 0.15) is 28.7 Å². The lowest BCUT2D eigenvalue weighted by Crippen LogP contribution is -2.17. The minimum absolute atomic E-state index is 0.266. The predicted molar refractivity (Wildman–Crippen MR) is 80.4 cm³/mol. The number of aromatic nitrogens is 3. The van der Waals surface area contributed by atoms with Gasteiger partial charge in [-0.15, -0.1) is 0 Å². The minimum atomic E-state index is -0.266. The molecular weight excluding hydrogens is 322 g/mol. The molecule has 0 atom stereocenters. The van der Waals surface area contributed by atoms with Crippen LogP contribution in [0.4, 0.5) is 11.5 Å². The average molecular weight is 336 g/mol. The van der Waals surface area contributed by atoms with Crippen molar-refractivity contribution < 1.29 is 4.79 Å². The Morgan fingerprint density at radius 1 is 1.40 bits per heavy atom. The van der Waals surface area contributed by atoms with Crippen molar-refractivity contribution in [3.05, 3.63) is 39.8 Å². The highest BCUT2D eigenvalue weighted by Crippen LogP contribution is 2.22. The lowest BCUT2D eigenvalue weighted by molar-refractivity contribution is 0.102. The van der Waals surface area contributed by atoms with Crippen molar-refractivity contribution in [1.29, 1.82) is 0 Å². The first-order chi connectivity index (χ1) is 9.51. The smallest absolute Gasteiger partial charge is 0.258 e. The standard InChI is InChI=1S/C13H14BrN5O/c1-3-11-9(4-7(2)18-19-11)13(20)17-12-10(14)5-8(15)6-16-12/h4-6H,3,15H2,1-2H3,(H,16,17,20). The second kappa shape index (κ2) is 5.96. The molecule has 3 N–H and O–H groups in total. The van der Waals surface area contributed by atoms with Crippen LogP contribution in [-0.2, 0) is 6.42 Å². The molecule has 2 rings (SSSR count). The summed E-state index contributed by atoms with van der Waals surface area (Å²) >= 11 is 3.31. The summed E-state index contributed by atoms with van der Waals surface area (Å²) in [4.78, 5) is 16.4. The SMILES string of the molecule is CCc1nnc(C)cc1C(=O)Nc1ncc(N)cc1Br. The maximum atomic E-state index is 12.3. The maximum Gasteiger partial charge on any atom is 0.258 e. The van der Waals surface area contributed by atoms with Crippen LogP contribution in [0.5, 0.6) is 0 Å². The van der Waals surface area contributed by atoms with Crippen molar-refractivity contribution in [2.75, 3.05) is 11.1 Å². The molecule has 7 heteroatoms. The fourth-order valence-electron chi connectivity index (χ4n) is 1.69. The lowest BCUT2D eigenvalue weighted by Gasteiger charge is -2.09. The van der Waals surface area contributed by atoms with E-state index in [2.05, 4.69) is 36.4 Å². The number of pyridine rings is 1. The summed E-state index contributed by atoms with van der Waals surface area (Å²) < 4.78 is 0.627. The number of nitrogens with zero attached hydrogens (tertiary/aromatic N) is 3. The zero-order valence-corrected chi connectivity index (χ0v) is 12.7. The van der Waals surface area contributed by atoms with Crippen molar-refractivity contribution in [3.63, 3.8) is 0 Å². The topological polar surface area (TPSA) is 93.8 Å². The van der Waals surface area contributed by atoms with Gasteiger partial charge in [0.1, 0.15) is 5.82 Å². The molecule has 0 aliphatic carbocycles. The van der Waals surface area contributed by atoms with E-state index in [9.17, 15) is 4.79 Å². The molecule has 20 heavy (non-hydrogen) atoms. The summed E-state index contributed by atoms with van der Waals surface area (Å²) in [6.45, 7) is 3.72. The Balaban J connectivity index is 2.30. The summed E-state index contributed by atoms with van der Waals surface area (Å²) in [6, 6.07) is 3.39. The van der Waals surface area contributed by atoms with Gasteiger partial charge in [-0.2, -0.15) is 10.2 Å². The first-order valence-electron chi connectivity index (χ1n) is 6.06. The molecule has 2 aromatic rings. The van der Waals surface area contributed by atoms with Gasteiger partial charge in [-0.3, -0.25) is 4.79 Å². The lowest BCUT2D eigenvalue weighted by atomic mass is 10.1. The van der Waals surface area contributed by atoms with Gasteiger partial charge in [0.05, 0.1) is 33.3 Å². The quantitative estimate of drug-likeness (QED) is 0.897. The Bertz CT molecular complexity index is 659. The fraction of sp³-hybridized carbons (Fsp3) is 0.231. The number of amides is 1. The normalized spacial score (nSPS) is 10.3. The van der Waals surface area contributed by atoms with Crippen molar-refractivity contribution in [1.82, 2.24) is 15.2 Å². The highest BCUT2D eigenvalue weighted by molar-refractivity contribution is 9.10. The van der Waals surface area contributed by atoms with Crippen LogP contribution in [0.25, 0.3) is 0 Å². The van der Waals surface area contributed by atoms with E-state index in [1.54, 1.807) is 19.1 Å². The molecule has 6 nitrogen and oxygen atoms in total. The van der Waals surface area contributed by atoms with E-state index in [4.69, 9.17) is 5.73 Å². The summed E-state index contributed by atoms with van der Waals surface area (Å²) in [5.41, 5.74) is 7.98. The third-order valence-electron chi connectivity index (χ3n) is 2.67. The van der Waals surface area contributed by atoms with Gasteiger partial charge in [0, 0.05) is 0 Å². The number of hydrogen-bond acceptors (Lipinski definition) is 5. The van der Waals surface area contributed by atoms with Crippen molar-refractivity contribution in [2.45, 2.75) is 20.3 Å². The number of carbonyl (C=O) groups is 1. The number of anilines is 2. The summed E-state index contributed by atoms with van der Waals surface area (Å²) in [5, 5.41) is 10.7. The number of carbonyl (C=O) groups excluding carboxylic acids is 1. The third-order valence-corrected chi connectivity index (χ3v) is 3.27. The first kappa shape index (κ1) is 14.4. The Morgan fingerprint density at radius 3 is 2.80 bits per heavy atom. The maximum absolute atomic E-state index is 12.3. The van der Waals surface area contributed by atoms with Crippen LogP contribution in [0.3, 0.4) is 0 Å². The number of nitrogens with one attached hydrogen (secondary N) is 1. The number of nitrogen functional groups attached to an aromatic ring is 1. The predicted octanol–water partition coefficient (Wildman–Crippen LogP) is 2.34. The van der Waals surface area contributed by atoms with Gasteiger partial charge in [-0.1, -0.05) is 6.92 Å². The molecule has 0 aliphatic rings. The Morgan fingerprint density at radius 2 is 2.15 bits per heavy atom.